The highest BCUT2D eigenvalue weighted by molar-refractivity contribution is 5.82. The van der Waals surface area contributed by atoms with Crippen LogP contribution in [0, 0.1) is 13.8 Å². The molecule has 1 atom stereocenters. The van der Waals surface area contributed by atoms with Crippen molar-refractivity contribution < 1.29 is 4.79 Å². The van der Waals surface area contributed by atoms with Gasteiger partial charge in [-0.3, -0.25) is 14.8 Å². The van der Waals surface area contributed by atoms with E-state index in [4.69, 9.17) is 0 Å². The summed E-state index contributed by atoms with van der Waals surface area (Å²) >= 11 is 0. The van der Waals surface area contributed by atoms with Gasteiger partial charge in [-0.25, -0.2) is 0 Å². The Balaban J connectivity index is 1.50. The first kappa shape index (κ1) is 16.7. The number of nitrogens with one attached hydrogen (secondary N) is 2. The number of benzene rings is 1. The molecule has 2 N–H and O–H groups in total. The van der Waals surface area contributed by atoms with Crippen LogP contribution in [0.5, 0.6) is 0 Å². The number of likely N-dealkylation sites (N-methyl/N-ethyl adjacent to an activating group) is 1. The smallest absolute Gasteiger partial charge is 0.237 e. The standard InChI is InChI=1S/C19H26N4O/c1-13-17(14(2)22-21-13)9-6-10-20-19(24)18-11-15-7-4-5-8-16(15)12-23(18)3/h4-5,7-8,18H,6,9-12H2,1-3H3,(H,20,24)(H,21,22)/t18-/m0/s1. The van der Waals surface area contributed by atoms with Gasteiger partial charge < -0.3 is 5.32 Å². The Morgan fingerprint density at radius 1 is 1.33 bits per heavy atom. The molecule has 1 amide bonds. The predicted octanol–water partition coefficient (Wildman–Crippen LogP) is 2.13. The normalized spacial score (nSPS) is 17.5. The summed E-state index contributed by atoms with van der Waals surface area (Å²) in [6.45, 7) is 5.60. The second kappa shape index (κ2) is 7.18. The van der Waals surface area contributed by atoms with E-state index in [-0.39, 0.29) is 11.9 Å². The molecule has 5 nitrogen and oxygen atoms in total. The molecule has 5 heteroatoms. The molecule has 24 heavy (non-hydrogen) atoms. The van der Waals surface area contributed by atoms with Crippen molar-refractivity contribution in [3.05, 3.63) is 52.3 Å². The van der Waals surface area contributed by atoms with E-state index >= 15 is 0 Å². The molecule has 0 aliphatic carbocycles. The van der Waals surface area contributed by atoms with E-state index in [0.717, 1.165) is 37.2 Å². The molecule has 0 saturated heterocycles. The molecule has 0 fully saturated rings. The Labute approximate surface area is 143 Å². The van der Waals surface area contributed by atoms with Crippen molar-refractivity contribution in [1.82, 2.24) is 20.4 Å². The maximum atomic E-state index is 12.5. The Bertz CT molecular complexity index is 702. The summed E-state index contributed by atoms with van der Waals surface area (Å²) < 4.78 is 0. The number of aryl methyl sites for hydroxylation is 2. The third-order valence-electron chi connectivity index (χ3n) is 4.97. The number of aromatic amines is 1. The van der Waals surface area contributed by atoms with Crippen molar-refractivity contribution in [2.45, 2.75) is 45.7 Å². The third-order valence-corrected chi connectivity index (χ3v) is 4.97. The first-order chi connectivity index (χ1) is 11.6. The lowest BCUT2D eigenvalue weighted by molar-refractivity contribution is -0.126. The summed E-state index contributed by atoms with van der Waals surface area (Å²) in [5.41, 5.74) is 6.08. The fourth-order valence-electron chi connectivity index (χ4n) is 3.48. The summed E-state index contributed by atoms with van der Waals surface area (Å²) in [5.74, 6) is 0.132. The van der Waals surface area contributed by atoms with Gasteiger partial charge in [0.25, 0.3) is 0 Å². The lowest BCUT2D eigenvalue weighted by Gasteiger charge is -2.33. The number of nitrogens with zero attached hydrogens (tertiary/aromatic N) is 2. The molecule has 1 aromatic heterocycles. The van der Waals surface area contributed by atoms with Gasteiger partial charge in [-0.2, -0.15) is 5.10 Å². The molecule has 0 spiro atoms. The molecule has 2 heterocycles. The Kier molecular flexibility index (Phi) is 5.00. The fourth-order valence-corrected chi connectivity index (χ4v) is 3.48. The van der Waals surface area contributed by atoms with Gasteiger partial charge in [-0.05, 0) is 56.8 Å². The first-order valence-corrected chi connectivity index (χ1v) is 8.61. The molecule has 1 aliphatic rings. The SMILES string of the molecule is Cc1n[nH]c(C)c1CCCNC(=O)[C@@H]1Cc2ccccc2CN1C. The number of H-pyrrole nitrogens is 1. The zero-order valence-electron chi connectivity index (χ0n) is 14.7. The Hall–Kier alpha value is -2.14. The maximum absolute atomic E-state index is 12.5. The van der Waals surface area contributed by atoms with E-state index in [9.17, 15) is 4.79 Å². The van der Waals surface area contributed by atoms with Gasteiger partial charge in [-0.1, -0.05) is 24.3 Å². The minimum Gasteiger partial charge on any atom is -0.355 e. The molecule has 3 rings (SSSR count). The van der Waals surface area contributed by atoms with Gasteiger partial charge >= 0.3 is 0 Å². The van der Waals surface area contributed by atoms with Crippen LogP contribution in [0.15, 0.2) is 24.3 Å². The number of amides is 1. The monoisotopic (exact) mass is 326 g/mol. The zero-order valence-corrected chi connectivity index (χ0v) is 14.7. The van der Waals surface area contributed by atoms with Crippen molar-refractivity contribution >= 4 is 5.91 Å². The van der Waals surface area contributed by atoms with E-state index < -0.39 is 0 Å². The van der Waals surface area contributed by atoms with Crippen molar-refractivity contribution in [2.24, 2.45) is 0 Å². The lowest BCUT2D eigenvalue weighted by Crippen LogP contribution is -2.48. The summed E-state index contributed by atoms with van der Waals surface area (Å²) in [7, 11) is 2.03. The van der Waals surface area contributed by atoms with E-state index in [1.54, 1.807) is 0 Å². The van der Waals surface area contributed by atoms with E-state index in [1.165, 1.54) is 16.7 Å². The van der Waals surface area contributed by atoms with Crippen molar-refractivity contribution in [3.63, 3.8) is 0 Å². The number of carbonyl (C=O) groups is 1. The van der Waals surface area contributed by atoms with Crippen LogP contribution in [-0.2, 0) is 24.2 Å². The van der Waals surface area contributed by atoms with E-state index in [0.29, 0.717) is 6.54 Å². The van der Waals surface area contributed by atoms with Crippen LogP contribution in [0.1, 0.15) is 34.5 Å². The van der Waals surface area contributed by atoms with Gasteiger partial charge in [0.15, 0.2) is 0 Å². The molecule has 128 valence electrons. The minimum atomic E-state index is -0.0719. The number of fused-ring (bicyclic) bond motifs is 1. The fraction of sp³-hybridized carbons (Fsp3) is 0.474. The quantitative estimate of drug-likeness (QED) is 0.828. The highest BCUT2D eigenvalue weighted by atomic mass is 16.2. The molecule has 0 unspecified atom stereocenters. The molecular formula is C19H26N4O. The number of hydrogen-bond acceptors (Lipinski definition) is 3. The van der Waals surface area contributed by atoms with Gasteiger partial charge in [0, 0.05) is 18.8 Å². The molecule has 1 aliphatic heterocycles. The maximum Gasteiger partial charge on any atom is 0.237 e. The van der Waals surface area contributed by atoms with Crippen LogP contribution >= 0.6 is 0 Å². The first-order valence-electron chi connectivity index (χ1n) is 8.61. The summed E-state index contributed by atoms with van der Waals surface area (Å²) in [6, 6.07) is 8.32. The van der Waals surface area contributed by atoms with Gasteiger partial charge in [0.05, 0.1) is 11.7 Å². The summed E-state index contributed by atoms with van der Waals surface area (Å²) in [5, 5.41) is 10.3. The van der Waals surface area contributed by atoms with Crippen LogP contribution in [0.25, 0.3) is 0 Å². The second-order valence-corrected chi connectivity index (χ2v) is 6.71. The number of aromatic nitrogens is 2. The average molecular weight is 326 g/mol. The van der Waals surface area contributed by atoms with Crippen LogP contribution in [0.2, 0.25) is 0 Å². The average Bonchev–Trinajstić information content (AvgIpc) is 2.89. The highest BCUT2D eigenvalue weighted by Crippen LogP contribution is 2.22. The highest BCUT2D eigenvalue weighted by Gasteiger charge is 2.28. The number of rotatable bonds is 5. The summed E-state index contributed by atoms with van der Waals surface area (Å²) in [4.78, 5) is 14.7. The predicted molar refractivity (Wildman–Crippen MR) is 94.8 cm³/mol. The van der Waals surface area contributed by atoms with E-state index in [2.05, 4.69) is 44.7 Å². The number of hydrogen-bond donors (Lipinski definition) is 2. The number of carbonyl (C=O) groups excluding carboxylic acids is 1. The van der Waals surface area contributed by atoms with Crippen molar-refractivity contribution in [3.8, 4) is 0 Å². The van der Waals surface area contributed by atoms with Crippen LogP contribution in [0.3, 0.4) is 0 Å². The van der Waals surface area contributed by atoms with E-state index in [1.807, 2.05) is 20.9 Å². The Morgan fingerprint density at radius 2 is 2.08 bits per heavy atom. The topological polar surface area (TPSA) is 61.0 Å². The van der Waals surface area contributed by atoms with Gasteiger partial charge in [0.2, 0.25) is 5.91 Å². The Morgan fingerprint density at radius 3 is 2.79 bits per heavy atom. The largest absolute Gasteiger partial charge is 0.355 e. The van der Waals surface area contributed by atoms with Crippen LogP contribution < -0.4 is 5.32 Å². The molecular weight excluding hydrogens is 300 g/mol. The zero-order chi connectivity index (χ0) is 17.1. The van der Waals surface area contributed by atoms with Crippen molar-refractivity contribution in [2.75, 3.05) is 13.6 Å². The lowest BCUT2D eigenvalue weighted by atomic mass is 9.94. The minimum absolute atomic E-state index is 0.0719. The third kappa shape index (κ3) is 3.51. The van der Waals surface area contributed by atoms with Gasteiger partial charge in [0.1, 0.15) is 0 Å². The van der Waals surface area contributed by atoms with Gasteiger partial charge in [-0.15, -0.1) is 0 Å². The molecule has 0 bridgehead atoms. The van der Waals surface area contributed by atoms with Crippen LogP contribution in [0.4, 0.5) is 0 Å². The summed E-state index contributed by atoms with van der Waals surface area (Å²) in [6.07, 6.45) is 2.66. The molecule has 0 radical (unpaired) electrons. The second-order valence-electron chi connectivity index (χ2n) is 6.71. The van der Waals surface area contributed by atoms with Crippen molar-refractivity contribution in [1.29, 1.82) is 0 Å². The van der Waals surface area contributed by atoms with Crippen LogP contribution in [-0.4, -0.2) is 40.6 Å². The molecule has 0 saturated carbocycles. The molecule has 2 aromatic rings. The molecule has 1 aromatic carbocycles.